The Morgan fingerprint density at radius 2 is 2.05 bits per heavy atom. The second kappa shape index (κ2) is 8.97. The zero-order valence-electron chi connectivity index (χ0n) is 13.3. The van der Waals surface area contributed by atoms with Gasteiger partial charge in [0.05, 0.1) is 6.54 Å². The van der Waals surface area contributed by atoms with Gasteiger partial charge in [-0.25, -0.2) is 0 Å². The van der Waals surface area contributed by atoms with Crippen LogP contribution in [0.2, 0.25) is 0 Å². The normalized spacial score (nSPS) is 13.8. The summed E-state index contributed by atoms with van der Waals surface area (Å²) >= 11 is 0. The lowest BCUT2D eigenvalue weighted by Crippen LogP contribution is -2.26. The summed E-state index contributed by atoms with van der Waals surface area (Å²) in [6.07, 6.45) is 5.08. The molecule has 1 amide bonds. The van der Waals surface area contributed by atoms with E-state index in [0.717, 1.165) is 18.5 Å². The highest BCUT2D eigenvalue weighted by Crippen LogP contribution is 2.27. The minimum atomic E-state index is 0. The summed E-state index contributed by atoms with van der Waals surface area (Å²) < 4.78 is 0. The molecule has 0 aromatic heterocycles. The molecule has 0 fully saturated rings. The van der Waals surface area contributed by atoms with E-state index in [1.165, 1.54) is 24.0 Å². The number of guanidine groups is 1. The number of halogens is 1. The highest BCUT2D eigenvalue weighted by Gasteiger charge is 2.13. The van der Waals surface area contributed by atoms with Crippen molar-refractivity contribution in [3.8, 4) is 0 Å². The van der Waals surface area contributed by atoms with Crippen molar-refractivity contribution in [2.75, 3.05) is 26.0 Å². The fraction of sp³-hybridized carbons (Fsp3) is 0.500. The van der Waals surface area contributed by atoms with Gasteiger partial charge in [0, 0.05) is 26.2 Å². The molecule has 0 heterocycles. The predicted octanol–water partition coefficient (Wildman–Crippen LogP) is 2.39. The minimum Gasteiger partial charge on any atom is -0.370 e. The molecule has 0 radical (unpaired) electrons. The molecule has 0 atom stereocenters. The second-order valence-corrected chi connectivity index (χ2v) is 5.58. The number of nitrogens with two attached hydrogens (primary N) is 1. The van der Waals surface area contributed by atoms with Crippen LogP contribution in [0.15, 0.2) is 23.2 Å². The minimum absolute atomic E-state index is 0. The second-order valence-electron chi connectivity index (χ2n) is 5.58. The van der Waals surface area contributed by atoms with Crippen LogP contribution in [0.3, 0.4) is 0 Å². The molecule has 0 bridgehead atoms. The molecule has 0 spiro atoms. The first-order chi connectivity index (χ1) is 10.1. The highest BCUT2D eigenvalue weighted by molar-refractivity contribution is 14.0. The highest BCUT2D eigenvalue weighted by atomic mass is 127. The first-order valence-corrected chi connectivity index (χ1v) is 7.46. The van der Waals surface area contributed by atoms with E-state index in [1.807, 2.05) is 6.07 Å². The van der Waals surface area contributed by atoms with Crippen molar-refractivity contribution in [1.82, 2.24) is 4.90 Å². The molecule has 0 saturated carbocycles. The molecule has 0 aliphatic heterocycles. The molecule has 1 aromatic rings. The standard InChI is InChI=1S/C16H24N4O.HI/c1-20(2)15(21)10-11-18-16(17)19-14-9-5-7-12-6-3-4-8-13(12)14;/h5,7,9H,3-4,6,8,10-11H2,1-2H3,(H3,17,18,19);1H. The van der Waals surface area contributed by atoms with E-state index in [1.54, 1.807) is 19.0 Å². The maximum absolute atomic E-state index is 11.5. The Labute approximate surface area is 149 Å². The lowest BCUT2D eigenvalue weighted by molar-refractivity contribution is -0.128. The number of hydrogen-bond acceptors (Lipinski definition) is 2. The van der Waals surface area contributed by atoms with Crippen molar-refractivity contribution in [3.05, 3.63) is 29.3 Å². The van der Waals surface area contributed by atoms with E-state index in [4.69, 9.17) is 5.73 Å². The van der Waals surface area contributed by atoms with Crippen LogP contribution in [-0.2, 0) is 17.6 Å². The summed E-state index contributed by atoms with van der Waals surface area (Å²) in [7, 11) is 3.48. The van der Waals surface area contributed by atoms with Gasteiger partial charge < -0.3 is 16.0 Å². The summed E-state index contributed by atoms with van der Waals surface area (Å²) in [5.74, 6) is 0.434. The third-order valence-electron chi connectivity index (χ3n) is 3.77. The number of fused-ring (bicyclic) bond motifs is 1. The van der Waals surface area contributed by atoms with Crippen molar-refractivity contribution in [3.63, 3.8) is 0 Å². The van der Waals surface area contributed by atoms with Gasteiger partial charge in [-0.15, -0.1) is 24.0 Å². The van der Waals surface area contributed by atoms with Gasteiger partial charge in [0.25, 0.3) is 0 Å². The molecule has 3 N–H and O–H groups in total. The zero-order valence-corrected chi connectivity index (χ0v) is 15.6. The van der Waals surface area contributed by atoms with Gasteiger partial charge in [-0.1, -0.05) is 12.1 Å². The number of carbonyl (C=O) groups is 1. The Morgan fingerprint density at radius 3 is 2.77 bits per heavy atom. The van der Waals surface area contributed by atoms with Crippen LogP contribution in [0.25, 0.3) is 0 Å². The van der Waals surface area contributed by atoms with Gasteiger partial charge in [-0.2, -0.15) is 0 Å². The summed E-state index contributed by atoms with van der Waals surface area (Å²) in [6.45, 7) is 0.408. The van der Waals surface area contributed by atoms with Crippen molar-refractivity contribution < 1.29 is 4.79 Å². The van der Waals surface area contributed by atoms with E-state index in [-0.39, 0.29) is 29.9 Å². The number of nitrogens with zero attached hydrogens (tertiary/aromatic N) is 2. The Kier molecular flexibility index (Phi) is 7.64. The number of carbonyl (C=O) groups excluding carboxylic acids is 1. The lowest BCUT2D eigenvalue weighted by Gasteiger charge is -2.19. The first kappa shape index (κ1) is 18.7. The Hall–Kier alpha value is -1.31. The average Bonchev–Trinajstić information content (AvgIpc) is 2.47. The third kappa shape index (κ3) is 5.15. The topological polar surface area (TPSA) is 70.7 Å². The van der Waals surface area contributed by atoms with E-state index in [9.17, 15) is 4.79 Å². The number of aliphatic imine (C=N–C) groups is 1. The number of rotatable bonds is 4. The van der Waals surface area contributed by atoms with Gasteiger partial charge in [0.2, 0.25) is 5.91 Å². The molecule has 1 aromatic carbocycles. The van der Waals surface area contributed by atoms with Crippen LogP contribution in [0, 0.1) is 0 Å². The quantitative estimate of drug-likeness (QED) is 0.450. The largest absolute Gasteiger partial charge is 0.370 e. The average molecular weight is 416 g/mol. The molecule has 122 valence electrons. The van der Waals surface area contributed by atoms with Crippen LogP contribution < -0.4 is 11.1 Å². The van der Waals surface area contributed by atoms with Gasteiger partial charge in [0.1, 0.15) is 0 Å². The SMILES string of the molecule is CN(C)C(=O)CCN=C(N)Nc1cccc2c1CCCC2.I. The van der Waals surface area contributed by atoms with Crippen LogP contribution >= 0.6 is 24.0 Å². The van der Waals surface area contributed by atoms with E-state index in [0.29, 0.717) is 18.9 Å². The van der Waals surface area contributed by atoms with Crippen molar-refractivity contribution in [2.24, 2.45) is 10.7 Å². The fourth-order valence-corrected chi connectivity index (χ4v) is 2.57. The van der Waals surface area contributed by atoms with Gasteiger partial charge in [0.15, 0.2) is 5.96 Å². The molecule has 0 unspecified atom stereocenters. The summed E-state index contributed by atoms with van der Waals surface area (Å²) in [5, 5.41) is 3.18. The molecular weight excluding hydrogens is 391 g/mol. The first-order valence-electron chi connectivity index (χ1n) is 7.46. The molecule has 0 saturated heterocycles. The number of aryl methyl sites for hydroxylation is 1. The number of hydrogen-bond donors (Lipinski definition) is 2. The maximum atomic E-state index is 11.5. The Morgan fingerprint density at radius 1 is 1.32 bits per heavy atom. The van der Waals surface area contributed by atoms with E-state index in [2.05, 4.69) is 22.4 Å². The van der Waals surface area contributed by atoms with Gasteiger partial charge in [-0.05, 0) is 42.9 Å². The fourth-order valence-electron chi connectivity index (χ4n) is 2.57. The number of nitrogens with one attached hydrogen (secondary N) is 1. The van der Waals surface area contributed by atoms with E-state index >= 15 is 0 Å². The van der Waals surface area contributed by atoms with Crippen molar-refractivity contribution in [1.29, 1.82) is 0 Å². The van der Waals surface area contributed by atoms with Crippen molar-refractivity contribution in [2.45, 2.75) is 32.1 Å². The molecule has 1 aliphatic carbocycles. The monoisotopic (exact) mass is 416 g/mol. The Bertz CT molecular complexity index is 543. The molecule has 6 heteroatoms. The number of benzene rings is 1. The molecule has 22 heavy (non-hydrogen) atoms. The lowest BCUT2D eigenvalue weighted by atomic mass is 9.90. The van der Waals surface area contributed by atoms with Crippen LogP contribution in [-0.4, -0.2) is 37.4 Å². The third-order valence-corrected chi connectivity index (χ3v) is 3.77. The summed E-state index contributed by atoms with van der Waals surface area (Å²) in [6, 6.07) is 6.27. The smallest absolute Gasteiger partial charge is 0.223 e. The molecular formula is C16H25IN4O. The molecule has 2 rings (SSSR count). The van der Waals surface area contributed by atoms with Crippen LogP contribution in [0.4, 0.5) is 5.69 Å². The molecule has 5 nitrogen and oxygen atoms in total. The number of anilines is 1. The van der Waals surface area contributed by atoms with E-state index < -0.39 is 0 Å². The maximum Gasteiger partial charge on any atom is 0.223 e. The Balaban J connectivity index is 0.00000242. The van der Waals surface area contributed by atoms with Gasteiger partial charge >= 0.3 is 0 Å². The number of amides is 1. The van der Waals surface area contributed by atoms with Crippen LogP contribution in [0.5, 0.6) is 0 Å². The zero-order chi connectivity index (χ0) is 15.2. The summed E-state index contributed by atoms with van der Waals surface area (Å²) in [4.78, 5) is 17.3. The molecule has 1 aliphatic rings. The van der Waals surface area contributed by atoms with Crippen LogP contribution in [0.1, 0.15) is 30.4 Å². The van der Waals surface area contributed by atoms with Crippen molar-refractivity contribution >= 4 is 41.5 Å². The summed E-state index contributed by atoms with van der Waals surface area (Å²) in [5.41, 5.74) is 9.72. The van der Waals surface area contributed by atoms with Gasteiger partial charge in [-0.3, -0.25) is 9.79 Å². The predicted molar refractivity (Wildman–Crippen MR) is 102 cm³/mol.